The minimum Gasteiger partial charge on any atom is -0.493 e. The van der Waals surface area contributed by atoms with Crippen molar-refractivity contribution in [3.63, 3.8) is 0 Å². The highest BCUT2D eigenvalue weighted by Crippen LogP contribution is 2.31. The molecule has 1 atom stereocenters. The summed E-state index contributed by atoms with van der Waals surface area (Å²) < 4.78 is 35.6. The Morgan fingerprint density at radius 1 is 1.40 bits per heavy atom. The van der Waals surface area contributed by atoms with E-state index in [1.807, 2.05) is 18.2 Å². The first-order chi connectivity index (χ1) is 14.5. The van der Waals surface area contributed by atoms with E-state index in [-0.39, 0.29) is 6.54 Å². The van der Waals surface area contributed by atoms with Crippen LogP contribution >= 0.6 is 22.9 Å². The van der Waals surface area contributed by atoms with Gasteiger partial charge in [0, 0.05) is 12.7 Å². The van der Waals surface area contributed by atoms with Crippen LogP contribution in [0.25, 0.3) is 6.08 Å². The molecule has 2 amide bonds. The van der Waals surface area contributed by atoms with Crippen LogP contribution in [0.1, 0.15) is 17.7 Å². The zero-order valence-corrected chi connectivity index (χ0v) is 17.6. The predicted molar refractivity (Wildman–Crippen MR) is 113 cm³/mol. The zero-order chi connectivity index (χ0) is 21.3. The number of aromatic nitrogens is 1. The van der Waals surface area contributed by atoms with Crippen LogP contribution in [0, 0.1) is 5.92 Å². The summed E-state index contributed by atoms with van der Waals surface area (Å²) in [5, 5.41) is 5.45. The molecule has 1 aromatic heterocycles. The molecule has 162 valence electrons. The second kappa shape index (κ2) is 11.1. The van der Waals surface area contributed by atoms with Crippen LogP contribution in [0.2, 0.25) is 0 Å². The summed E-state index contributed by atoms with van der Waals surface area (Å²) in [5.41, 5.74) is 0. The molecular weight excluding hydrogens is 436 g/mol. The number of rotatable bonds is 10. The van der Waals surface area contributed by atoms with Crippen molar-refractivity contribution in [2.75, 3.05) is 19.7 Å². The first-order valence-electron chi connectivity index (χ1n) is 9.47. The monoisotopic (exact) mass is 457 g/mol. The normalized spacial score (nSPS) is 18.7. The van der Waals surface area contributed by atoms with Crippen LogP contribution in [0.15, 0.2) is 47.4 Å². The standard InChI is InChI=1S/C20H22ClF2N3O3S/c21-16-9-14(28-12-13-6-7-13)3-1-5-17(16)29-20-26-10-15(30-20)4-2-8-24-19(27)25-11-18(22)23/h1-5,9-10,13,17-18H,6-8,11-12H2,(H2,24,25,27)/b4-2+. The maximum absolute atomic E-state index is 12.0. The Balaban J connectivity index is 1.44. The van der Waals surface area contributed by atoms with E-state index in [2.05, 4.69) is 15.6 Å². The first-order valence-corrected chi connectivity index (χ1v) is 10.7. The number of nitrogens with zero attached hydrogens (tertiary/aromatic N) is 1. The Kier molecular flexibility index (Phi) is 8.27. The number of thiazole rings is 1. The second-order valence-electron chi connectivity index (χ2n) is 6.69. The summed E-state index contributed by atoms with van der Waals surface area (Å²) in [6.07, 6.45) is 11.7. The van der Waals surface area contributed by atoms with E-state index in [0.29, 0.717) is 28.5 Å². The number of alkyl halides is 2. The number of carbonyl (C=O) groups excluding carboxylic acids is 1. The van der Waals surface area contributed by atoms with Crippen molar-refractivity contribution in [2.45, 2.75) is 25.4 Å². The summed E-state index contributed by atoms with van der Waals surface area (Å²) >= 11 is 7.70. The first kappa shape index (κ1) is 22.3. The van der Waals surface area contributed by atoms with E-state index in [9.17, 15) is 13.6 Å². The molecule has 1 unspecified atom stereocenters. The number of hydrogen-bond donors (Lipinski definition) is 2. The van der Waals surface area contributed by atoms with Crippen molar-refractivity contribution in [1.29, 1.82) is 0 Å². The van der Waals surface area contributed by atoms with E-state index in [1.54, 1.807) is 24.4 Å². The van der Waals surface area contributed by atoms with Crippen LogP contribution in [0.4, 0.5) is 13.6 Å². The van der Waals surface area contributed by atoms with Gasteiger partial charge in [0.05, 0.1) is 23.1 Å². The third-order valence-corrected chi connectivity index (χ3v) is 5.27. The van der Waals surface area contributed by atoms with Crippen LogP contribution < -0.4 is 15.4 Å². The number of nitrogens with one attached hydrogen (secondary N) is 2. The summed E-state index contributed by atoms with van der Waals surface area (Å²) in [6.45, 7) is 0.219. The minimum absolute atomic E-state index is 0.193. The van der Waals surface area contributed by atoms with E-state index < -0.39 is 25.1 Å². The van der Waals surface area contributed by atoms with Gasteiger partial charge in [0.25, 0.3) is 11.6 Å². The highest BCUT2D eigenvalue weighted by atomic mass is 35.5. The molecule has 1 saturated carbocycles. The third kappa shape index (κ3) is 7.79. The van der Waals surface area contributed by atoms with Crippen molar-refractivity contribution in [3.8, 4) is 5.19 Å². The smallest absolute Gasteiger partial charge is 0.315 e. The van der Waals surface area contributed by atoms with Crippen molar-refractivity contribution >= 4 is 35.0 Å². The van der Waals surface area contributed by atoms with Gasteiger partial charge in [-0.05, 0) is 43.1 Å². The topological polar surface area (TPSA) is 72.5 Å². The van der Waals surface area contributed by atoms with E-state index >= 15 is 0 Å². The van der Waals surface area contributed by atoms with Gasteiger partial charge in [-0.2, -0.15) is 0 Å². The third-order valence-electron chi connectivity index (χ3n) is 4.09. The van der Waals surface area contributed by atoms with Gasteiger partial charge in [0.15, 0.2) is 6.10 Å². The summed E-state index contributed by atoms with van der Waals surface area (Å²) in [6, 6.07) is -0.649. The quantitative estimate of drug-likeness (QED) is 0.543. The van der Waals surface area contributed by atoms with E-state index in [0.717, 1.165) is 4.88 Å². The van der Waals surface area contributed by atoms with Gasteiger partial charge < -0.3 is 20.1 Å². The summed E-state index contributed by atoms with van der Waals surface area (Å²) in [4.78, 5) is 16.3. The Bertz CT molecular complexity index is 850. The molecule has 0 aliphatic heterocycles. The second-order valence-corrected chi connectivity index (χ2v) is 8.15. The van der Waals surface area contributed by atoms with Gasteiger partial charge in [-0.1, -0.05) is 35.1 Å². The Morgan fingerprint density at radius 3 is 3.00 bits per heavy atom. The molecule has 1 aromatic rings. The molecule has 0 aromatic carbocycles. The number of ether oxygens (including phenoxy) is 2. The molecule has 30 heavy (non-hydrogen) atoms. The highest BCUT2D eigenvalue weighted by Gasteiger charge is 2.23. The van der Waals surface area contributed by atoms with Crippen molar-refractivity contribution in [2.24, 2.45) is 5.92 Å². The molecule has 10 heteroatoms. The van der Waals surface area contributed by atoms with Crippen LogP contribution in [0.3, 0.4) is 0 Å². The SMILES string of the molecule is O=C(NC/C=C/c1cnc(OC2C=CC=C(OCC3CC3)C=C2Cl)s1)NCC(F)F. The lowest BCUT2D eigenvalue weighted by Crippen LogP contribution is -2.38. The molecule has 2 aliphatic rings. The lowest BCUT2D eigenvalue weighted by molar-refractivity contribution is 0.146. The molecule has 2 aliphatic carbocycles. The average Bonchev–Trinajstić information content (AvgIpc) is 3.46. The number of allylic oxidation sites excluding steroid dienone is 3. The Labute approximate surface area is 182 Å². The molecule has 2 N–H and O–H groups in total. The number of amides is 2. The summed E-state index contributed by atoms with van der Waals surface area (Å²) in [5.74, 6) is 1.36. The summed E-state index contributed by atoms with van der Waals surface area (Å²) in [7, 11) is 0. The van der Waals surface area contributed by atoms with Gasteiger partial charge in [-0.3, -0.25) is 0 Å². The van der Waals surface area contributed by atoms with Gasteiger partial charge in [-0.15, -0.1) is 0 Å². The number of urea groups is 1. The van der Waals surface area contributed by atoms with Crippen molar-refractivity contribution < 1.29 is 23.0 Å². The molecule has 6 nitrogen and oxygen atoms in total. The fraction of sp³-hybridized carbons (Fsp3) is 0.400. The van der Waals surface area contributed by atoms with Crippen molar-refractivity contribution in [3.05, 3.63) is 52.2 Å². The van der Waals surface area contributed by atoms with Gasteiger partial charge in [-0.25, -0.2) is 18.6 Å². The number of hydrogen-bond acceptors (Lipinski definition) is 5. The molecule has 1 fully saturated rings. The molecule has 3 rings (SSSR count). The Morgan fingerprint density at radius 2 is 2.23 bits per heavy atom. The van der Waals surface area contributed by atoms with E-state index in [1.165, 1.54) is 24.2 Å². The Hall–Kier alpha value is -2.39. The maximum Gasteiger partial charge on any atom is 0.315 e. The molecule has 0 bridgehead atoms. The lowest BCUT2D eigenvalue weighted by Gasteiger charge is -2.12. The average molecular weight is 458 g/mol. The largest absolute Gasteiger partial charge is 0.493 e. The lowest BCUT2D eigenvalue weighted by atomic mass is 10.3. The molecule has 0 spiro atoms. The van der Waals surface area contributed by atoms with E-state index in [4.69, 9.17) is 21.1 Å². The predicted octanol–water partition coefficient (Wildman–Crippen LogP) is 4.47. The molecule has 0 radical (unpaired) electrons. The van der Waals surface area contributed by atoms with Crippen molar-refractivity contribution in [1.82, 2.24) is 15.6 Å². The number of carbonyl (C=O) groups is 1. The van der Waals surface area contributed by atoms with Crippen LogP contribution in [-0.4, -0.2) is 43.2 Å². The minimum atomic E-state index is -2.58. The van der Waals surface area contributed by atoms with Gasteiger partial charge in [0.1, 0.15) is 5.76 Å². The number of halogens is 3. The maximum atomic E-state index is 12.0. The fourth-order valence-electron chi connectivity index (χ4n) is 2.36. The van der Waals surface area contributed by atoms with Crippen LogP contribution in [-0.2, 0) is 4.74 Å². The molecular formula is C20H22ClF2N3O3S. The van der Waals surface area contributed by atoms with Crippen LogP contribution in [0.5, 0.6) is 5.19 Å². The fourth-order valence-corrected chi connectivity index (χ4v) is 3.32. The molecule has 1 heterocycles. The highest BCUT2D eigenvalue weighted by molar-refractivity contribution is 7.14. The zero-order valence-electron chi connectivity index (χ0n) is 16.0. The van der Waals surface area contributed by atoms with Gasteiger partial charge >= 0.3 is 6.03 Å². The molecule has 0 saturated heterocycles. The van der Waals surface area contributed by atoms with Gasteiger partial charge in [0.2, 0.25) is 0 Å².